The first-order valence-electron chi connectivity index (χ1n) is 7.35. The number of fused-ring (bicyclic) bond motifs is 1. The number of nitrogens with one attached hydrogen (secondary N) is 1. The lowest BCUT2D eigenvalue weighted by Crippen LogP contribution is -2.04. The van der Waals surface area contributed by atoms with Crippen molar-refractivity contribution in [3.63, 3.8) is 0 Å². The number of H-pyrrole nitrogens is 1. The molecule has 0 saturated carbocycles. The second kappa shape index (κ2) is 5.66. The Balaban J connectivity index is 1.60. The van der Waals surface area contributed by atoms with Gasteiger partial charge < -0.3 is 10.1 Å². The van der Waals surface area contributed by atoms with Crippen LogP contribution in [0.1, 0.15) is 11.4 Å². The molecule has 0 aliphatic heterocycles. The molecule has 1 aromatic carbocycles. The second-order valence-electron chi connectivity index (χ2n) is 5.36. The summed E-state index contributed by atoms with van der Waals surface area (Å²) < 4.78 is 1.75. The van der Waals surface area contributed by atoms with Crippen molar-refractivity contribution in [2.24, 2.45) is 0 Å². The van der Waals surface area contributed by atoms with Gasteiger partial charge in [-0.3, -0.25) is 4.98 Å². The fraction of sp³-hybridized carbons (Fsp3) is 0.118. The van der Waals surface area contributed by atoms with E-state index in [0.29, 0.717) is 12.2 Å². The Morgan fingerprint density at radius 2 is 2.00 bits per heavy atom. The summed E-state index contributed by atoms with van der Waals surface area (Å²) in [7, 11) is 0. The van der Waals surface area contributed by atoms with Gasteiger partial charge in [-0.05, 0) is 30.3 Å². The van der Waals surface area contributed by atoms with E-state index in [2.05, 4.69) is 26.3 Å². The number of pyridine rings is 1. The summed E-state index contributed by atoms with van der Waals surface area (Å²) in [5, 5.41) is 18.7. The molecule has 6 heteroatoms. The quantitative estimate of drug-likeness (QED) is 0.606. The van der Waals surface area contributed by atoms with Gasteiger partial charge in [0.25, 0.3) is 0 Å². The SMILES string of the molecule is OCc1cccc(Cn2cc(-c3ccc4[nH]ccc4c3)nn2)n1. The van der Waals surface area contributed by atoms with Crippen LogP contribution in [0.2, 0.25) is 0 Å². The number of benzene rings is 1. The molecule has 0 aliphatic carbocycles. The number of rotatable bonds is 4. The van der Waals surface area contributed by atoms with Crippen LogP contribution >= 0.6 is 0 Å². The van der Waals surface area contributed by atoms with Gasteiger partial charge in [0.05, 0.1) is 30.7 Å². The normalized spacial score (nSPS) is 11.2. The molecule has 6 nitrogen and oxygen atoms in total. The lowest BCUT2D eigenvalue weighted by atomic mass is 10.1. The molecule has 23 heavy (non-hydrogen) atoms. The molecule has 0 fully saturated rings. The molecule has 3 heterocycles. The lowest BCUT2D eigenvalue weighted by molar-refractivity contribution is 0.276. The Labute approximate surface area is 132 Å². The largest absolute Gasteiger partial charge is 0.390 e. The van der Waals surface area contributed by atoms with E-state index >= 15 is 0 Å². The third-order valence-corrected chi connectivity index (χ3v) is 3.74. The standard InChI is InChI=1S/C17H15N5O/c23-11-15-3-1-2-14(19-15)9-22-10-17(20-21-22)12-4-5-16-13(8-12)6-7-18-16/h1-8,10,18,23H,9,11H2. The molecule has 0 amide bonds. The van der Waals surface area contributed by atoms with Gasteiger partial charge in [-0.15, -0.1) is 5.10 Å². The van der Waals surface area contributed by atoms with Crippen molar-refractivity contribution in [1.29, 1.82) is 0 Å². The molecular formula is C17H15N5O. The summed E-state index contributed by atoms with van der Waals surface area (Å²) in [6, 6.07) is 13.8. The Morgan fingerprint density at radius 1 is 1.09 bits per heavy atom. The molecule has 0 bridgehead atoms. The van der Waals surface area contributed by atoms with E-state index in [4.69, 9.17) is 5.11 Å². The highest BCUT2D eigenvalue weighted by Crippen LogP contribution is 2.22. The van der Waals surface area contributed by atoms with Gasteiger partial charge in [0.1, 0.15) is 5.69 Å². The van der Waals surface area contributed by atoms with Gasteiger partial charge in [0.15, 0.2) is 0 Å². The average Bonchev–Trinajstić information content (AvgIpc) is 3.23. The summed E-state index contributed by atoms with van der Waals surface area (Å²) in [6.07, 6.45) is 3.83. The minimum atomic E-state index is -0.0624. The first-order chi connectivity index (χ1) is 11.3. The monoisotopic (exact) mass is 305 g/mol. The third-order valence-electron chi connectivity index (χ3n) is 3.74. The van der Waals surface area contributed by atoms with Crippen LogP contribution in [0.3, 0.4) is 0 Å². The highest BCUT2D eigenvalue weighted by atomic mass is 16.3. The highest BCUT2D eigenvalue weighted by molar-refractivity contribution is 5.84. The van der Waals surface area contributed by atoms with Crippen molar-refractivity contribution in [3.05, 3.63) is 66.2 Å². The first kappa shape index (κ1) is 13.7. The van der Waals surface area contributed by atoms with Crippen LogP contribution in [0.5, 0.6) is 0 Å². The lowest BCUT2D eigenvalue weighted by Gasteiger charge is -2.02. The van der Waals surface area contributed by atoms with Crippen molar-refractivity contribution in [1.82, 2.24) is 25.0 Å². The van der Waals surface area contributed by atoms with Crippen LogP contribution in [-0.2, 0) is 13.2 Å². The topological polar surface area (TPSA) is 79.6 Å². The number of aromatic nitrogens is 5. The predicted octanol–water partition coefficient (Wildman–Crippen LogP) is 2.36. The Hall–Kier alpha value is -2.99. The van der Waals surface area contributed by atoms with E-state index in [0.717, 1.165) is 27.9 Å². The number of nitrogens with zero attached hydrogens (tertiary/aromatic N) is 4. The summed E-state index contributed by atoms with van der Waals surface area (Å²) in [6.45, 7) is 0.459. The maximum atomic E-state index is 9.15. The number of aliphatic hydroxyl groups excluding tert-OH is 1. The van der Waals surface area contributed by atoms with E-state index in [1.165, 1.54) is 0 Å². The van der Waals surface area contributed by atoms with Crippen molar-refractivity contribution in [3.8, 4) is 11.3 Å². The van der Waals surface area contributed by atoms with Gasteiger partial charge in [0, 0.05) is 22.7 Å². The average molecular weight is 305 g/mol. The van der Waals surface area contributed by atoms with Crippen molar-refractivity contribution in [2.75, 3.05) is 0 Å². The molecule has 4 aromatic rings. The zero-order chi connectivity index (χ0) is 15.6. The number of hydrogen-bond acceptors (Lipinski definition) is 4. The van der Waals surface area contributed by atoms with Crippen LogP contribution in [0.25, 0.3) is 22.2 Å². The van der Waals surface area contributed by atoms with E-state index in [-0.39, 0.29) is 6.61 Å². The second-order valence-corrected chi connectivity index (χ2v) is 5.36. The van der Waals surface area contributed by atoms with Gasteiger partial charge in [0.2, 0.25) is 0 Å². The number of aliphatic hydroxyl groups is 1. The molecule has 4 rings (SSSR count). The van der Waals surface area contributed by atoms with Crippen LogP contribution in [0.15, 0.2) is 54.9 Å². The van der Waals surface area contributed by atoms with E-state index in [9.17, 15) is 0 Å². The predicted molar refractivity (Wildman–Crippen MR) is 86.6 cm³/mol. The van der Waals surface area contributed by atoms with Gasteiger partial charge in [-0.2, -0.15) is 0 Å². The Bertz CT molecular complexity index is 956. The summed E-state index contributed by atoms with van der Waals surface area (Å²) in [4.78, 5) is 7.54. The minimum Gasteiger partial charge on any atom is -0.390 e. The summed E-state index contributed by atoms with van der Waals surface area (Å²) in [5.41, 5.74) is 4.45. The molecule has 2 N–H and O–H groups in total. The molecule has 0 aliphatic rings. The highest BCUT2D eigenvalue weighted by Gasteiger charge is 2.06. The maximum absolute atomic E-state index is 9.15. The van der Waals surface area contributed by atoms with Crippen LogP contribution < -0.4 is 0 Å². The molecule has 3 aromatic heterocycles. The van der Waals surface area contributed by atoms with Gasteiger partial charge in [-0.25, -0.2) is 4.68 Å². The Morgan fingerprint density at radius 3 is 2.91 bits per heavy atom. The molecule has 0 saturated heterocycles. The zero-order valence-corrected chi connectivity index (χ0v) is 12.3. The molecule has 0 radical (unpaired) electrons. The fourth-order valence-corrected chi connectivity index (χ4v) is 2.59. The smallest absolute Gasteiger partial charge is 0.113 e. The van der Waals surface area contributed by atoms with Crippen LogP contribution in [0.4, 0.5) is 0 Å². The van der Waals surface area contributed by atoms with Gasteiger partial charge in [-0.1, -0.05) is 17.3 Å². The van der Waals surface area contributed by atoms with E-state index < -0.39 is 0 Å². The number of aromatic amines is 1. The Kier molecular flexibility index (Phi) is 3.36. The molecule has 0 atom stereocenters. The van der Waals surface area contributed by atoms with E-state index in [1.807, 2.05) is 42.7 Å². The molecule has 0 unspecified atom stereocenters. The van der Waals surface area contributed by atoms with Crippen molar-refractivity contribution >= 4 is 10.9 Å². The van der Waals surface area contributed by atoms with Crippen LogP contribution in [-0.4, -0.2) is 30.1 Å². The minimum absolute atomic E-state index is 0.0624. The zero-order valence-electron chi connectivity index (χ0n) is 12.3. The molecular weight excluding hydrogens is 290 g/mol. The molecule has 114 valence electrons. The number of hydrogen-bond donors (Lipinski definition) is 2. The fourth-order valence-electron chi connectivity index (χ4n) is 2.59. The third kappa shape index (κ3) is 2.72. The van der Waals surface area contributed by atoms with Crippen molar-refractivity contribution < 1.29 is 5.11 Å². The van der Waals surface area contributed by atoms with Gasteiger partial charge >= 0.3 is 0 Å². The van der Waals surface area contributed by atoms with Crippen molar-refractivity contribution in [2.45, 2.75) is 13.2 Å². The van der Waals surface area contributed by atoms with Crippen LogP contribution in [0, 0.1) is 0 Å². The summed E-state index contributed by atoms with van der Waals surface area (Å²) >= 11 is 0. The molecule has 0 spiro atoms. The summed E-state index contributed by atoms with van der Waals surface area (Å²) in [5.74, 6) is 0. The first-order valence-corrected chi connectivity index (χ1v) is 7.35. The van der Waals surface area contributed by atoms with E-state index in [1.54, 1.807) is 10.7 Å². The maximum Gasteiger partial charge on any atom is 0.113 e.